The molecule has 2 saturated heterocycles. The Morgan fingerprint density at radius 2 is 1.87 bits per heavy atom. The molecular formula is C40H61FN6O6S. The number of likely N-dealkylation sites (N-methyl/N-ethyl adjacent to an activating group) is 1. The Balaban J connectivity index is 1.57. The average molecular weight is 773 g/mol. The van der Waals surface area contributed by atoms with Crippen LogP contribution in [0.3, 0.4) is 0 Å². The number of thiazole rings is 1. The number of hydrogen-bond donors (Lipinski definition) is 3. The van der Waals surface area contributed by atoms with Gasteiger partial charge in [-0.05, 0) is 50.3 Å². The maximum atomic E-state index is 16.3. The Kier molecular flexibility index (Phi) is 15.3. The van der Waals surface area contributed by atoms with E-state index in [9.17, 15) is 19.2 Å². The molecule has 2 unspecified atom stereocenters. The predicted molar refractivity (Wildman–Crippen MR) is 207 cm³/mol. The number of amides is 3. The van der Waals surface area contributed by atoms with Crippen LogP contribution in [-0.2, 0) is 35.1 Å². The molecule has 4 rings (SSSR count). The highest BCUT2D eigenvalue weighted by Gasteiger charge is 2.61. The van der Waals surface area contributed by atoms with Crippen molar-refractivity contribution in [2.75, 3.05) is 40.9 Å². The van der Waals surface area contributed by atoms with Crippen LogP contribution in [-0.4, -0.2) is 115 Å². The van der Waals surface area contributed by atoms with Crippen LogP contribution in [0.4, 0.5) is 4.39 Å². The lowest BCUT2D eigenvalue weighted by molar-refractivity contribution is -0.161. The first-order valence-electron chi connectivity index (χ1n) is 19.2. The zero-order valence-electron chi connectivity index (χ0n) is 33.2. The summed E-state index contributed by atoms with van der Waals surface area (Å²) >= 11 is 1.48. The first-order chi connectivity index (χ1) is 25.7. The third-order valence-electron chi connectivity index (χ3n) is 11.9. The number of rotatable bonds is 20. The highest BCUT2D eigenvalue weighted by atomic mass is 32.1. The van der Waals surface area contributed by atoms with Gasteiger partial charge in [-0.25, -0.2) is 9.37 Å². The first-order valence-corrected chi connectivity index (χ1v) is 20.1. The van der Waals surface area contributed by atoms with Crippen molar-refractivity contribution < 1.29 is 33.0 Å². The number of nitrogens with zero attached hydrogens (tertiary/aromatic N) is 3. The molecule has 1 aromatic heterocycles. The number of ketones is 1. The topological polar surface area (TPSA) is 156 Å². The molecule has 2 aliphatic rings. The fourth-order valence-corrected chi connectivity index (χ4v) is 9.44. The summed E-state index contributed by atoms with van der Waals surface area (Å²) in [6.07, 6.45) is 2.79. The van der Waals surface area contributed by atoms with Gasteiger partial charge in [0.1, 0.15) is 5.01 Å². The summed E-state index contributed by atoms with van der Waals surface area (Å²) in [6.45, 7) is 9.74. The number of nitrogens with one attached hydrogen (secondary N) is 2. The fourth-order valence-electron chi connectivity index (χ4n) is 8.75. The van der Waals surface area contributed by atoms with Crippen molar-refractivity contribution in [2.45, 2.75) is 115 Å². The summed E-state index contributed by atoms with van der Waals surface area (Å²) in [7, 11) is 4.69. The fraction of sp³-hybridized carbons (Fsp3) is 0.675. The van der Waals surface area contributed by atoms with E-state index in [2.05, 4.69) is 15.6 Å². The van der Waals surface area contributed by atoms with Crippen molar-refractivity contribution in [1.29, 1.82) is 0 Å². The number of Topliss-reactive ketones (excluding diaryl/α,β-unsaturated/α-hetero) is 1. The number of halogens is 1. The molecule has 2 aliphatic heterocycles. The number of carbonyl (C=O) groups is 4. The predicted octanol–water partition coefficient (Wildman–Crippen LogP) is 4.09. The average Bonchev–Trinajstić information content (AvgIpc) is 3.95. The molecule has 2 aromatic rings. The van der Waals surface area contributed by atoms with Crippen LogP contribution in [0.2, 0.25) is 0 Å². The summed E-state index contributed by atoms with van der Waals surface area (Å²) in [6, 6.07) is 8.56. The molecule has 14 heteroatoms. The van der Waals surface area contributed by atoms with Gasteiger partial charge in [-0.15, -0.1) is 11.3 Å². The molecule has 0 spiro atoms. The number of ether oxygens (including phenoxy) is 2. The van der Waals surface area contributed by atoms with Gasteiger partial charge in [0.2, 0.25) is 23.5 Å². The van der Waals surface area contributed by atoms with Gasteiger partial charge in [0.15, 0.2) is 11.2 Å². The molecule has 54 heavy (non-hydrogen) atoms. The van der Waals surface area contributed by atoms with Gasteiger partial charge in [-0.1, -0.05) is 71.4 Å². The van der Waals surface area contributed by atoms with E-state index in [4.69, 9.17) is 15.2 Å². The molecule has 1 aromatic carbocycles. The Hall–Kier alpha value is -3.30. The lowest BCUT2D eigenvalue weighted by Gasteiger charge is -2.50. The van der Waals surface area contributed by atoms with Gasteiger partial charge < -0.3 is 30.7 Å². The molecule has 9 atom stereocenters. The molecule has 12 nitrogen and oxygen atoms in total. The van der Waals surface area contributed by atoms with Crippen LogP contribution in [0.25, 0.3) is 0 Å². The number of likely N-dealkylation sites (tertiary alicyclic amines) is 1. The number of benzene rings is 1. The van der Waals surface area contributed by atoms with E-state index < -0.39 is 53.0 Å². The standard InChI is InChI=1S/C40H61FN6O6S/c1-9-26(4)33(46(6)40(25(2)3,38(42)51)37(50)39(41)17-18-43-24-39)31(52-7)23-32(48)47-20-13-16-30(47)34(53-8)27(5)35(49)45-29(36-44-19-21-54-36)22-28-14-11-10-12-15-28/h10-12,14-15,19,21,25-27,29-31,33-34,43H,9,13,16-18,20,22-24H2,1-8H3,(H2,42,51)(H,45,49)/t26-,27+,29-,30-,31?,33?,34+,39+,40+/m0/s1. The summed E-state index contributed by atoms with van der Waals surface area (Å²) in [5, 5.41) is 8.81. The van der Waals surface area contributed by atoms with E-state index in [1.807, 2.05) is 56.5 Å². The van der Waals surface area contributed by atoms with Gasteiger partial charge in [0, 0.05) is 51.3 Å². The van der Waals surface area contributed by atoms with Crippen molar-refractivity contribution in [1.82, 2.24) is 25.4 Å². The Labute approximate surface area is 324 Å². The SMILES string of the molecule is CC[C@H](C)C(C(CC(=O)N1CCC[C@H]1[C@H](OC)[C@@H](C)C(=O)N[C@@H](Cc1ccccc1)c1nccs1)OC)N(C)[C@@](C(N)=O)(C(=O)[C@@]1(F)CCNC1)C(C)C. The lowest BCUT2D eigenvalue weighted by atomic mass is 9.72. The Bertz CT molecular complexity index is 1540. The molecule has 2 fully saturated rings. The molecule has 3 heterocycles. The van der Waals surface area contributed by atoms with Crippen LogP contribution < -0.4 is 16.4 Å². The Morgan fingerprint density at radius 3 is 2.41 bits per heavy atom. The number of carbonyl (C=O) groups excluding carboxylic acids is 4. The minimum atomic E-state index is -2.27. The third-order valence-corrected chi connectivity index (χ3v) is 12.8. The highest BCUT2D eigenvalue weighted by Crippen LogP contribution is 2.39. The van der Waals surface area contributed by atoms with Crippen molar-refractivity contribution in [3.8, 4) is 0 Å². The number of alkyl halides is 1. The maximum absolute atomic E-state index is 16.3. The zero-order valence-corrected chi connectivity index (χ0v) is 34.0. The van der Waals surface area contributed by atoms with Crippen molar-refractivity contribution in [2.24, 2.45) is 23.5 Å². The second-order valence-electron chi connectivity index (χ2n) is 15.4. The van der Waals surface area contributed by atoms with E-state index in [1.165, 1.54) is 18.4 Å². The maximum Gasteiger partial charge on any atom is 0.246 e. The summed E-state index contributed by atoms with van der Waals surface area (Å²) in [5.74, 6) is -3.66. The van der Waals surface area contributed by atoms with Crippen LogP contribution in [0.5, 0.6) is 0 Å². The quantitative estimate of drug-likeness (QED) is 0.169. The second-order valence-corrected chi connectivity index (χ2v) is 16.3. The number of nitrogens with two attached hydrogens (primary N) is 1. The summed E-state index contributed by atoms with van der Waals surface area (Å²) in [5.41, 5.74) is 2.89. The van der Waals surface area contributed by atoms with E-state index >= 15 is 4.39 Å². The normalized spacial score (nSPS) is 23.4. The first kappa shape index (κ1) is 43.4. The van der Waals surface area contributed by atoms with Gasteiger partial charge >= 0.3 is 0 Å². The molecule has 4 N–H and O–H groups in total. The molecule has 0 saturated carbocycles. The lowest BCUT2D eigenvalue weighted by Crippen LogP contribution is -2.73. The van der Waals surface area contributed by atoms with Crippen LogP contribution in [0, 0.1) is 17.8 Å². The van der Waals surface area contributed by atoms with Crippen LogP contribution in [0.15, 0.2) is 41.9 Å². The molecule has 300 valence electrons. The molecule has 0 bridgehead atoms. The number of primary amides is 1. The van der Waals surface area contributed by atoms with Gasteiger partial charge in [-0.2, -0.15) is 0 Å². The monoisotopic (exact) mass is 772 g/mol. The zero-order chi connectivity index (χ0) is 39.8. The Morgan fingerprint density at radius 1 is 1.17 bits per heavy atom. The molecule has 3 amide bonds. The van der Waals surface area contributed by atoms with Crippen molar-refractivity contribution in [3.05, 3.63) is 52.5 Å². The summed E-state index contributed by atoms with van der Waals surface area (Å²) in [4.78, 5) is 63.9. The smallest absolute Gasteiger partial charge is 0.246 e. The number of methoxy groups -OCH3 is 2. The van der Waals surface area contributed by atoms with E-state index in [0.29, 0.717) is 32.4 Å². The van der Waals surface area contributed by atoms with Crippen molar-refractivity contribution in [3.63, 3.8) is 0 Å². The van der Waals surface area contributed by atoms with E-state index in [1.54, 1.807) is 44.0 Å². The molecular weight excluding hydrogens is 712 g/mol. The van der Waals surface area contributed by atoms with Gasteiger partial charge in [0.25, 0.3) is 0 Å². The molecule has 0 aliphatic carbocycles. The third kappa shape index (κ3) is 9.04. The van der Waals surface area contributed by atoms with Crippen molar-refractivity contribution >= 4 is 34.8 Å². The van der Waals surface area contributed by atoms with E-state index in [-0.39, 0.29) is 49.2 Å². The number of hydrogen-bond acceptors (Lipinski definition) is 10. The van der Waals surface area contributed by atoms with Gasteiger partial charge in [0.05, 0.1) is 36.6 Å². The largest absolute Gasteiger partial charge is 0.379 e. The summed E-state index contributed by atoms with van der Waals surface area (Å²) < 4.78 is 28.3. The minimum Gasteiger partial charge on any atom is -0.379 e. The second kappa shape index (κ2) is 19.0. The van der Waals surface area contributed by atoms with Crippen LogP contribution >= 0.6 is 11.3 Å². The molecule has 0 radical (unpaired) electrons. The highest BCUT2D eigenvalue weighted by molar-refractivity contribution is 7.09. The van der Waals surface area contributed by atoms with Gasteiger partial charge in [-0.3, -0.25) is 24.1 Å². The minimum absolute atomic E-state index is 0.0618. The number of aromatic nitrogens is 1. The van der Waals surface area contributed by atoms with E-state index in [0.717, 1.165) is 17.0 Å². The van der Waals surface area contributed by atoms with Crippen LogP contribution in [0.1, 0.15) is 83.3 Å².